The molecule has 1 saturated heterocycles. The molecule has 1 aromatic rings. The largest absolute Gasteiger partial charge is 0.480 e. The maximum Gasteiger partial charge on any atom is 0.317 e. The first-order chi connectivity index (χ1) is 9.40. The van der Waals surface area contributed by atoms with Crippen LogP contribution in [0.2, 0.25) is 5.15 Å². The minimum atomic E-state index is -0.791. The predicted octanol–water partition coefficient (Wildman–Crippen LogP) is 3.14. The molecule has 1 unspecified atom stereocenters. The van der Waals surface area contributed by atoms with Crippen LogP contribution in [0, 0.1) is 12.8 Å². The van der Waals surface area contributed by atoms with Gasteiger partial charge in [-0.15, -0.1) is 12.4 Å². The molecule has 0 saturated carbocycles. The number of carbonyl (C=O) groups is 1. The molecule has 0 aliphatic carbocycles. The molecule has 7 heteroatoms. The van der Waals surface area contributed by atoms with Gasteiger partial charge in [-0.05, 0) is 32.2 Å². The fourth-order valence-electron chi connectivity index (χ4n) is 2.93. The van der Waals surface area contributed by atoms with E-state index in [9.17, 15) is 4.79 Å². The highest BCUT2D eigenvalue weighted by Crippen LogP contribution is 2.37. The van der Waals surface area contributed by atoms with Crippen LogP contribution >= 0.6 is 24.0 Å². The number of aryl methyl sites for hydroxylation is 1. The second kappa shape index (κ2) is 7.47. The summed E-state index contributed by atoms with van der Waals surface area (Å²) in [5.41, 5.74) is 1.92. The van der Waals surface area contributed by atoms with Gasteiger partial charge in [0, 0.05) is 18.2 Å². The Kier molecular flexibility index (Phi) is 6.50. The van der Waals surface area contributed by atoms with E-state index in [-0.39, 0.29) is 25.0 Å². The van der Waals surface area contributed by atoms with Crippen molar-refractivity contribution in [1.82, 2.24) is 14.7 Å². The average molecular weight is 336 g/mol. The van der Waals surface area contributed by atoms with Crippen LogP contribution in [0.3, 0.4) is 0 Å². The van der Waals surface area contributed by atoms with Crippen molar-refractivity contribution < 1.29 is 9.90 Å². The number of carboxylic acids is 1. The predicted molar refractivity (Wildman–Crippen MR) is 85.2 cm³/mol. The van der Waals surface area contributed by atoms with Gasteiger partial charge < -0.3 is 5.11 Å². The smallest absolute Gasteiger partial charge is 0.317 e. The standard InChI is InChI=1S/C14H22ClN3O2.ClH/c1-9(2)7-18-14(15)13(10(3)16-18)11-5-4-6-17(11)8-12(19)20;/h9,11H,4-8H2,1-3H3,(H,19,20);1H. The van der Waals surface area contributed by atoms with Crippen molar-refractivity contribution in [3.63, 3.8) is 0 Å². The van der Waals surface area contributed by atoms with E-state index in [2.05, 4.69) is 18.9 Å². The molecular weight excluding hydrogens is 313 g/mol. The number of carboxylic acid groups (broad SMARTS) is 1. The topological polar surface area (TPSA) is 58.4 Å². The third-order valence-electron chi connectivity index (χ3n) is 3.68. The highest BCUT2D eigenvalue weighted by molar-refractivity contribution is 6.30. The molecule has 1 aromatic heterocycles. The van der Waals surface area contributed by atoms with Crippen LogP contribution < -0.4 is 0 Å². The summed E-state index contributed by atoms with van der Waals surface area (Å²) in [4.78, 5) is 12.9. The molecule has 120 valence electrons. The van der Waals surface area contributed by atoms with Gasteiger partial charge in [0.15, 0.2) is 0 Å². The molecule has 2 heterocycles. The van der Waals surface area contributed by atoms with Crippen LogP contribution in [-0.2, 0) is 11.3 Å². The molecule has 1 N–H and O–H groups in total. The van der Waals surface area contributed by atoms with E-state index in [1.165, 1.54) is 0 Å². The third-order valence-corrected chi connectivity index (χ3v) is 4.08. The lowest BCUT2D eigenvalue weighted by Crippen LogP contribution is -2.29. The van der Waals surface area contributed by atoms with E-state index >= 15 is 0 Å². The molecule has 0 spiro atoms. The van der Waals surface area contributed by atoms with Crippen LogP contribution in [0.5, 0.6) is 0 Å². The lowest BCUT2D eigenvalue weighted by atomic mass is 10.1. The van der Waals surface area contributed by atoms with Crippen LogP contribution in [-0.4, -0.2) is 38.8 Å². The Labute approximate surface area is 136 Å². The van der Waals surface area contributed by atoms with Gasteiger partial charge in [0.1, 0.15) is 5.15 Å². The molecule has 5 nitrogen and oxygen atoms in total. The fraction of sp³-hybridized carbons (Fsp3) is 0.714. The average Bonchev–Trinajstić information content (AvgIpc) is 2.84. The first kappa shape index (κ1) is 18.3. The van der Waals surface area contributed by atoms with E-state index < -0.39 is 5.97 Å². The molecule has 2 rings (SSSR count). The van der Waals surface area contributed by atoms with E-state index in [0.29, 0.717) is 11.1 Å². The monoisotopic (exact) mass is 335 g/mol. The number of aromatic nitrogens is 2. The molecule has 0 amide bonds. The zero-order chi connectivity index (χ0) is 14.9. The Morgan fingerprint density at radius 1 is 1.52 bits per heavy atom. The molecule has 1 aliphatic rings. The molecule has 0 aromatic carbocycles. The van der Waals surface area contributed by atoms with E-state index in [0.717, 1.165) is 37.2 Å². The summed E-state index contributed by atoms with van der Waals surface area (Å²) in [6.45, 7) is 7.86. The van der Waals surface area contributed by atoms with Gasteiger partial charge in [-0.3, -0.25) is 14.4 Å². The first-order valence-corrected chi connectivity index (χ1v) is 7.46. The molecule has 0 bridgehead atoms. The van der Waals surface area contributed by atoms with Crippen LogP contribution in [0.15, 0.2) is 0 Å². The van der Waals surface area contributed by atoms with Crippen molar-refractivity contribution in [2.75, 3.05) is 13.1 Å². The SMILES string of the molecule is Cc1nn(CC(C)C)c(Cl)c1C1CCCN1CC(=O)O.Cl. The first-order valence-electron chi connectivity index (χ1n) is 7.08. The lowest BCUT2D eigenvalue weighted by molar-refractivity contribution is -0.138. The highest BCUT2D eigenvalue weighted by atomic mass is 35.5. The summed E-state index contributed by atoms with van der Waals surface area (Å²) in [7, 11) is 0. The van der Waals surface area contributed by atoms with Gasteiger partial charge in [0.2, 0.25) is 0 Å². The highest BCUT2D eigenvalue weighted by Gasteiger charge is 2.32. The van der Waals surface area contributed by atoms with E-state index in [1.807, 2.05) is 16.5 Å². The molecule has 1 atom stereocenters. The van der Waals surface area contributed by atoms with Gasteiger partial charge in [0.25, 0.3) is 0 Å². The van der Waals surface area contributed by atoms with Crippen LogP contribution in [0.1, 0.15) is 44.0 Å². The van der Waals surface area contributed by atoms with Crippen LogP contribution in [0.4, 0.5) is 0 Å². The van der Waals surface area contributed by atoms with Crippen LogP contribution in [0.25, 0.3) is 0 Å². The normalized spacial score (nSPS) is 19.0. The minimum absolute atomic E-state index is 0. The quantitative estimate of drug-likeness (QED) is 0.897. The minimum Gasteiger partial charge on any atom is -0.480 e. The second-order valence-corrected chi connectivity index (χ2v) is 6.25. The number of halogens is 2. The molecule has 21 heavy (non-hydrogen) atoms. The Balaban J connectivity index is 0.00000220. The summed E-state index contributed by atoms with van der Waals surface area (Å²) in [5, 5.41) is 14.2. The molecular formula is C14H23Cl2N3O2. The van der Waals surface area contributed by atoms with Crippen molar-refractivity contribution in [3.8, 4) is 0 Å². The zero-order valence-corrected chi connectivity index (χ0v) is 14.2. The lowest BCUT2D eigenvalue weighted by Gasteiger charge is -2.22. The number of hydrogen-bond donors (Lipinski definition) is 1. The number of hydrogen-bond acceptors (Lipinski definition) is 3. The van der Waals surface area contributed by atoms with Gasteiger partial charge in [0.05, 0.1) is 12.2 Å². The van der Waals surface area contributed by atoms with Gasteiger partial charge in [-0.2, -0.15) is 5.10 Å². The maximum absolute atomic E-state index is 11.0. The summed E-state index contributed by atoms with van der Waals surface area (Å²) < 4.78 is 1.84. The second-order valence-electron chi connectivity index (χ2n) is 5.89. The number of nitrogens with zero attached hydrogens (tertiary/aromatic N) is 3. The Bertz CT molecular complexity index is 503. The van der Waals surface area contributed by atoms with E-state index in [1.54, 1.807) is 0 Å². The van der Waals surface area contributed by atoms with Gasteiger partial charge >= 0.3 is 5.97 Å². The van der Waals surface area contributed by atoms with Crippen molar-refractivity contribution in [2.45, 2.75) is 46.2 Å². The van der Waals surface area contributed by atoms with Crippen molar-refractivity contribution in [3.05, 3.63) is 16.4 Å². The van der Waals surface area contributed by atoms with E-state index in [4.69, 9.17) is 16.7 Å². The Morgan fingerprint density at radius 3 is 2.76 bits per heavy atom. The van der Waals surface area contributed by atoms with Gasteiger partial charge in [-0.25, -0.2) is 0 Å². The number of likely N-dealkylation sites (tertiary alicyclic amines) is 1. The zero-order valence-electron chi connectivity index (χ0n) is 12.7. The number of aliphatic carboxylic acids is 1. The fourth-order valence-corrected chi connectivity index (χ4v) is 3.30. The van der Waals surface area contributed by atoms with Crippen molar-refractivity contribution >= 4 is 30.0 Å². The molecule has 0 radical (unpaired) electrons. The maximum atomic E-state index is 11.0. The molecule has 1 aliphatic heterocycles. The Morgan fingerprint density at radius 2 is 2.19 bits per heavy atom. The summed E-state index contributed by atoms with van der Waals surface area (Å²) in [6.07, 6.45) is 1.95. The number of rotatable bonds is 5. The molecule has 1 fully saturated rings. The van der Waals surface area contributed by atoms with Crippen molar-refractivity contribution in [2.24, 2.45) is 5.92 Å². The summed E-state index contributed by atoms with van der Waals surface area (Å²) >= 11 is 6.48. The van der Waals surface area contributed by atoms with Crippen molar-refractivity contribution in [1.29, 1.82) is 0 Å². The van der Waals surface area contributed by atoms with Gasteiger partial charge in [-0.1, -0.05) is 25.4 Å². The Hall–Kier alpha value is -0.780. The summed E-state index contributed by atoms with van der Waals surface area (Å²) in [6, 6.07) is 0.0829. The summed E-state index contributed by atoms with van der Waals surface area (Å²) in [5.74, 6) is -0.321. The third kappa shape index (κ3) is 4.11.